The molecule has 0 atom stereocenters. The average molecular weight is 877 g/mol. The highest BCUT2D eigenvalue weighted by atomic mass is 32.2. The second-order valence-corrected chi connectivity index (χ2v) is 15.5. The number of fused-ring (bicyclic) bond motifs is 2. The maximum absolute atomic E-state index is 11.3. The van der Waals surface area contributed by atoms with Crippen LogP contribution in [0.4, 0.5) is 39.5 Å². The van der Waals surface area contributed by atoms with Crippen LogP contribution in [0.15, 0.2) is 36.4 Å². The number of halogens is 9. The van der Waals surface area contributed by atoms with Gasteiger partial charge in [0.05, 0.1) is 0 Å². The Morgan fingerprint density at radius 1 is 0.418 bits per heavy atom. The fraction of sp³-hybridized carbons (Fsp3) is 0.824. The molecule has 9 nitrogen and oxygen atoms in total. The SMILES string of the molecule is C1CC2CCC1C2.C1CCCCC1.CC.CC.CC.CC[N-]S(=O)(=O)C(F)(F)F.CC[N-]S(=O)(=O)C(F)(F)F.CC[N-]S(=O)(=O)C(F)(F)F.c1ccccc1. The lowest BCUT2D eigenvalue weighted by Crippen LogP contribution is -2.21. The zero-order valence-electron chi connectivity index (χ0n) is 33.4. The van der Waals surface area contributed by atoms with Crippen LogP contribution in [0.1, 0.15) is 133 Å². The van der Waals surface area contributed by atoms with Crippen LogP contribution >= 0.6 is 0 Å². The molecule has 0 aromatic heterocycles. The Morgan fingerprint density at radius 2 is 0.582 bits per heavy atom. The van der Waals surface area contributed by atoms with Crippen LogP contribution in [-0.4, -0.2) is 61.4 Å². The maximum atomic E-state index is 11.3. The number of hydrogen-bond acceptors (Lipinski definition) is 6. The lowest BCUT2D eigenvalue weighted by molar-refractivity contribution is -0.0433. The molecule has 0 radical (unpaired) electrons. The topological polar surface area (TPSA) is 145 Å². The third-order valence-corrected chi connectivity index (χ3v) is 10.1. The number of hydrogen-bond donors (Lipinski definition) is 0. The summed E-state index contributed by atoms with van der Waals surface area (Å²) in [5.74, 6) is 2.34. The van der Waals surface area contributed by atoms with Crippen LogP contribution in [0.2, 0.25) is 0 Å². The second kappa shape index (κ2) is 34.4. The van der Waals surface area contributed by atoms with Gasteiger partial charge in [-0.15, -0.1) is 19.6 Å². The smallest absolute Gasteiger partial charge is 0.480 e. The molecule has 55 heavy (non-hydrogen) atoms. The van der Waals surface area contributed by atoms with Crippen molar-refractivity contribution < 1.29 is 64.8 Å². The zero-order chi connectivity index (χ0) is 44.4. The molecule has 1 aromatic rings. The summed E-state index contributed by atoms with van der Waals surface area (Å²) in [5, 5.41) is 0. The van der Waals surface area contributed by atoms with Crippen LogP contribution < -0.4 is 0 Å². The van der Waals surface area contributed by atoms with E-state index in [4.69, 9.17) is 0 Å². The first-order valence-corrected chi connectivity index (χ1v) is 22.7. The van der Waals surface area contributed by atoms with Gasteiger partial charge in [-0.2, -0.15) is 39.5 Å². The minimum atomic E-state index is -5.25. The Morgan fingerprint density at radius 3 is 0.655 bits per heavy atom. The number of benzene rings is 1. The van der Waals surface area contributed by atoms with E-state index in [0.29, 0.717) is 0 Å². The summed E-state index contributed by atoms with van der Waals surface area (Å²) >= 11 is 0. The lowest BCUT2D eigenvalue weighted by atomic mass is 10.0. The van der Waals surface area contributed by atoms with Crippen molar-refractivity contribution in [3.63, 3.8) is 0 Å². The van der Waals surface area contributed by atoms with Crippen molar-refractivity contribution in [2.45, 2.75) is 149 Å². The predicted molar refractivity (Wildman–Crippen MR) is 205 cm³/mol. The maximum Gasteiger partial charge on any atom is 0.480 e. The van der Waals surface area contributed by atoms with Crippen molar-refractivity contribution >= 4 is 30.1 Å². The third-order valence-electron chi connectivity index (χ3n) is 6.57. The molecule has 2 bridgehead atoms. The number of alkyl halides is 9. The van der Waals surface area contributed by atoms with Crippen molar-refractivity contribution in [3.05, 3.63) is 50.6 Å². The van der Waals surface area contributed by atoms with E-state index in [9.17, 15) is 64.8 Å². The molecule has 0 spiro atoms. The number of sulfonamides is 3. The molecule has 334 valence electrons. The summed E-state index contributed by atoms with van der Waals surface area (Å²) in [7, 11) is -15.7. The average Bonchev–Trinajstić information content (AvgIpc) is 3.79. The Labute approximate surface area is 325 Å². The van der Waals surface area contributed by atoms with E-state index in [-0.39, 0.29) is 19.6 Å². The van der Waals surface area contributed by atoms with Crippen LogP contribution in [0.3, 0.4) is 0 Å². The van der Waals surface area contributed by atoms with Gasteiger partial charge in [0.25, 0.3) is 0 Å². The Hall–Kier alpha value is -1.68. The molecule has 21 heteroatoms. The highest BCUT2D eigenvalue weighted by molar-refractivity contribution is 7.95. The largest absolute Gasteiger partial charge is 0.541 e. The fourth-order valence-electron chi connectivity index (χ4n) is 4.35. The molecule has 0 saturated heterocycles. The van der Waals surface area contributed by atoms with Crippen molar-refractivity contribution in [2.75, 3.05) is 19.6 Å². The van der Waals surface area contributed by atoms with Crippen LogP contribution in [0.5, 0.6) is 0 Å². The van der Waals surface area contributed by atoms with Crippen LogP contribution in [0.25, 0.3) is 14.2 Å². The first kappa shape index (κ1) is 62.5. The normalized spacial score (nSPS) is 17.3. The summed E-state index contributed by atoms with van der Waals surface area (Å²) in [4.78, 5) is 0. The molecular formula is C34H63F9N3O6S3-3. The second-order valence-electron chi connectivity index (χ2n) is 10.5. The number of nitrogens with zero attached hydrogens (tertiary/aromatic N) is 3. The van der Waals surface area contributed by atoms with E-state index in [1.807, 2.05) is 77.9 Å². The minimum absolute atomic E-state index is 0.387. The van der Waals surface area contributed by atoms with Gasteiger partial charge in [0.2, 0.25) is 0 Å². The Bertz CT molecular complexity index is 1150. The van der Waals surface area contributed by atoms with E-state index < -0.39 is 46.6 Å². The van der Waals surface area contributed by atoms with E-state index in [2.05, 4.69) is 14.2 Å². The van der Waals surface area contributed by atoms with Crippen molar-refractivity contribution in [2.24, 2.45) is 11.8 Å². The van der Waals surface area contributed by atoms with E-state index in [1.54, 1.807) is 32.1 Å². The van der Waals surface area contributed by atoms with Gasteiger partial charge in [-0.05, 0) is 18.3 Å². The standard InChI is InChI=1S/C7H12.C6H12.C6H6.3C3H5F3NO2S.3C2H6/c1-2-7-4-3-6(1)5-7;2*1-2-4-6-5-3-1;3*1-2-7-10(8,9)3(4,5)6;3*1-2/h6-7H,1-5H2;1-6H2;1-6H;3*2H2,1H3;3*1-2H3/q;;;3*-1;;;. The van der Waals surface area contributed by atoms with Crippen molar-refractivity contribution in [1.82, 2.24) is 0 Å². The minimum Gasteiger partial charge on any atom is -0.541 e. The molecule has 0 unspecified atom stereocenters. The molecule has 4 rings (SSSR count). The molecule has 0 amide bonds. The highest BCUT2D eigenvalue weighted by Gasteiger charge is 2.39. The van der Waals surface area contributed by atoms with E-state index in [1.165, 1.54) is 71.1 Å². The molecule has 0 aliphatic heterocycles. The predicted octanol–water partition coefficient (Wildman–Crippen LogP) is 13.0. The monoisotopic (exact) mass is 876 g/mol. The van der Waals surface area contributed by atoms with Gasteiger partial charge in [-0.25, -0.2) is 25.3 Å². The molecule has 1 aromatic carbocycles. The molecule has 0 heterocycles. The number of rotatable bonds is 6. The highest BCUT2D eigenvalue weighted by Crippen LogP contribution is 2.44. The van der Waals surface area contributed by atoms with Crippen LogP contribution in [-0.2, 0) is 30.1 Å². The molecule has 3 saturated carbocycles. The Kier molecular flexibility index (Phi) is 39.1. The van der Waals surface area contributed by atoms with Crippen LogP contribution in [0, 0.1) is 11.8 Å². The van der Waals surface area contributed by atoms with Gasteiger partial charge in [0, 0.05) is 0 Å². The van der Waals surface area contributed by atoms with Gasteiger partial charge < -0.3 is 14.2 Å². The van der Waals surface area contributed by atoms with Crippen molar-refractivity contribution in [3.8, 4) is 0 Å². The molecule has 3 fully saturated rings. The molecule has 3 aliphatic rings. The van der Waals surface area contributed by atoms with Gasteiger partial charge in [-0.3, -0.25) is 0 Å². The van der Waals surface area contributed by atoms with Crippen molar-refractivity contribution in [1.29, 1.82) is 0 Å². The first-order valence-electron chi connectivity index (χ1n) is 18.4. The molecule has 0 N–H and O–H groups in total. The van der Waals surface area contributed by atoms with E-state index >= 15 is 0 Å². The van der Waals surface area contributed by atoms with Gasteiger partial charge in [0.1, 0.15) is 0 Å². The summed E-state index contributed by atoms with van der Waals surface area (Å²) in [6, 6.07) is 12.0. The molecular weight excluding hydrogens is 814 g/mol. The Balaban J connectivity index is -0.000000178. The summed E-state index contributed by atoms with van der Waals surface area (Å²) in [6.07, 6.45) is 16.8. The van der Waals surface area contributed by atoms with Gasteiger partial charge in [-0.1, -0.05) is 163 Å². The first-order chi connectivity index (χ1) is 25.4. The molecule has 3 aliphatic carbocycles. The lowest BCUT2D eigenvalue weighted by Gasteiger charge is -2.18. The summed E-state index contributed by atoms with van der Waals surface area (Å²) in [5.41, 5.74) is -15.7. The summed E-state index contributed by atoms with van der Waals surface area (Å²) in [6.45, 7) is 14.5. The quantitative estimate of drug-likeness (QED) is 0.260. The summed E-state index contributed by atoms with van der Waals surface area (Å²) < 4.78 is 169. The third kappa shape index (κ3) is 33.0. The van der Waals surface area contributed by atoms with E-state index in [0.717, 1.165) is 0 Å². The van der Waals surface area contributed by atoms with Gasteiger partial charge >= 0.3 is 16.5 Å². The fourth-order valence-corrected chi connectivity index (χ4v) is 5.81. The zero-order valence-corrected chi connectivity index (χ0v) is 35.9. The van der Waals surface area contributed by atoms with Gasteiger partial charge in [0.15, 0.2) is 30.1 Å².